The van der Waals surface area contributed by atoms with Gasteiger partial charge in [0, 0.05) is 35.4 Å². The quantitative estimate of drug-likeness (QED) is 0.817. The van der Waals surface area contributed by atoms with Crippen molar-refractivity contribution in [3.8, 4) is 0 Å². The van der Waals surface area contributed by atoms with E-state index in [0.29, 0.717) is 29.5 Å². The summed E-state index contributed by atoms with van der Waals surface area (Å²) in [5.41, 5.74) is 1.81. The summed E-state index contributed by atoms with van der Waals surface area (Å²) in [7, 11) is -4.30. The first-order valence-electron chi connectivity index (χ1n) is 5.83. The van der Waals surface area contributed by atoms with E-state index in [9.17, 15) is 12.6 Å². The third kappa shape index (κ3) is 2.65. The van der Waals surface area contributed by atoms with Gasteiger partial charge in [-0.2, -0.15) is 4.31 Å². The summed E-state index contributed by atoms with van der Waals surface area (Å²) in [6.45, 7) is 4.44. The van der Waals surface area contributed by atoms with Crippen molar-refractivity contribution in [1.29, 1.82) is 0 Å². The molecule has 0 N–H and O–H groups in total. The smallest absolute Gasteiger partial charge is 0.243 e. The van der Waals surface area contributed by atoms with Crippen molar-refractivity contribution in [2.45, 2.75) is 18.7 Å². The van der Waals surface area contributed by atoms with Gasteiger partial charge in [-0.05, 0) is 25.5 Å². The largest absolute Gasteiger partial charge is 0.259 e. The van der Waals surface area contributed by atoms with Gasteiger partial charge in [-0.1, -0.05) is 17.7 Å². The molecular weight excluding hydrogens is 270 g/mol. The molecule has 0 amide bonds. The molecule has 0 saturated carbocycles. The Kier molecular flexibility index (Phi) is 3.89. The van der Waals surface area contributed by atoms with E-state index in [2.05, 4.69) is 0 Å². The lowest BCUT2D eigenvalue weighted by molar-refractivity contribution is 0.438. The van der Waals surface area contributed by atoms with E-state index in [-0.39, 0.29) is 0 Å². The summed E-state index contributed by atoms with van der Waals surface area (Å²) in [6.07, 6.45) is 0. The lowest BCUT2D eigenvalue weighted by Crippen LogP contribution is -2.41. The molecule has 0 atom stereocenters. The lowest BCUT2D eigenvalue weighted by Gasteiger charge is -2.26. The molecule has 0 unspecified atom stereocenters. The van der Waals surface area contributed by atoms with Crippen LogP contribution in [0, 0.1) is 13.8 Å². The molecule has 18 heavy (non-hydrogen) atoms. The lowest BCUT2D eigenvalue weighted by atomic mass is 10.2. The van der Waals surface area contributed by atoms with Crippen LogP contribution in [0.2, 0.25) is 0 Å². The zero-order valence-corrected chi connectivity index (χ0v) is 12.2. The molecule has 1 aliphatic rings. The van der Waals surface area contributed by atoms with Gasteiger partial charge in [-0.25, -0.2) is 8.42 Å². The van der Waals surface area contributed by atoms with Crippen molar-refractivity contribution in [2.24, 2.45) is 0 Å². The molecule has 0 aromatic heterocycles. The molecule has 100 valence electrons. The average Bonchev–Trinajstić information content (AvgIpc) is 2.29. The second-order valence-electron chi connectivity index (χ2n) is 4.52. The Morgan fingerprint density at radius 1 is 1.17 bits per heavy atom. The maximum Gasteiger partial charge on any atom is 0.243 e. The van der Waals surface area contributed by atoms with E-state index in [1.165, 1.54) is 4.31 Å². The zero-order chi connectivity index (χ0) is 13.3. The Morgan fingerprint density at radius 3 is 2.33 bits per heavy atom. The van der Waals surface area contributed by atoms with Gasteiger partial charge in [0.2, 0.25) is 10.0 Å². The van der Waals surface area contributed by atoms with Crippen LogP contribution in [0.15, 0.2) is 23.1 Å². The number of nitrogens with zero attached hydrogens (tertiary/aromatic N) is 1. The molecule has 0 bridgehead atoms. The second-order valence-corrected chi connectivity index (χ2v) is 8.12. The molecule has 6 heteroatoms. The fraction of sp³-hybridized carbons (Fsp3) is 0.500. The standard InChI is InChI=1S/C12H17NO3S2/c1-10-3-4-12(11(2)9-10)18(15,16)13-5-7-17(14)8-6-13/h3-4,9H,5-8H2,1-2H3. The van der Waals surface area contributed by atoms with E-state index in [1.807, 2.05) is 26.0 Å². The predicted octanol–water partition coefficient (Wildman–Crippen LogP) is 1.06. The van der Waals surface area contributed by atoms with Crippen LogP contribution >= 0.6 is 0 Å². The van der Waals surface area contributed by atoms with Gasteiger partial charge in [0.1, 0.15) is 0 Å². The number of hydrogen-bond donors (Lipinski definition) is 0. The summed E-state index contributed by atoms with van der Waals surface area (Å²) in [5, 5.41) is 0. The molecule has 4 nitrogen and oxygen atoms in total. The molecule has 0 radical (unpaired) electrons. The van der Waals surface area contributed by atoms with E-state index in [1.54, 1.807) is 6.07 Å². The topological polar surface area (TPSA) is 54.5 Å². The van der Waals surface area contributed by atoms with Gasteiger partial charge in [0.15, 0.2) is 0 Å². The molecule has 0 aliphatic carbocycles. The van der Waals surface area contributed by atoms with Gasteiger partial charge < -0.3 is 0 Å². The molecule has 1 heterocycles. The van der Waals surface area contributed by atoms with Crippen LogP contribution in [0.5, 0.6) is 0 Å². The summed E-state index contributed by atoms with van der Waals surface area (Å²) >= 11 is 0. The van der Waals surface area contributed by atoms with Gasteiger partial charge >= 0.3 is 0 Å². The minimum atomic E-state index is -3.43. The van der Waals surface area contributed by atoms with Crippen LogP contribution in [0.25, 0.3) is 0 Å². The molecule has 1 saturated heterocycles. The van der Waals surface area contributed by atoms with Crippen LogP contribution in [0.4, 0.5) is 0 Å². The summed E-state index contributed by atoms with van der Waals surface area (Å²) < 4.78 is 37.6. The van der Waals surface area contributed by atoms with E-state index >= 15 is 0 Å². The highest BCUT2D eigenvalue weighted by atomic mass is 32.2. The number of aryl methyl sites for hydroxylation is 2. The molecule has 1 fully saturated rings. The van der Waals surface area contributed by atoms with Gasteiger partial charge in [0.05, 0.1) is 4.90 Å². The Hall–Kier alpha value is -0.720. The van der Waals surface area contributed by atoms with Crippen molar-refractivity contribution < 1.29 is 12.6 Å². The Balaban J connectivity index is 2.33. The summed E-state index contributed by atoms with van der Waals surface area (Å²) in [4.78, 5) is 0.362. The number of sulfonamides is 1. The first-order chi connectivity index (χ1) is 8.41. The van der Waals surface area contributed by atoms with Crippen LogP contribution in [-0.4, -0.2) is 41.5 Å². The first kappa shape index (κ1) is 13.7. The highest BCUT2D eigenvalue weighted by molar-refractivity contribution is 7.89. The Morgan fingerprint density at radius 2 is 1.78 bits per heavy atom. The van der Waals surface area contributed by atoms with Crippen molar-refractivity contribution in [3.05, 3.63) is 29.3 Å². The molecule has 1 aromatic carbocycles. The summed E-state index contributed by atoms with van der Waals surface area (Å²) in [6, 6.07) is 5.34. The summed E-state index contributed by atoms with van der Waals surface area (Å²) in [5.74, 6) is 0.869. The second kappa shape index (κ2) is 5.11. The first-order valence-corrected chi connectivity index (χ1v) is 8.76. The fourth-order valence-corrected chi connectivity index (χ4v) is 5.02. The highest BCUT2D eigenvalue weighted by Gasteiger charge is 2.28. The van der Waals surface area contributed by atoms with Crippen LogP contribution < -0.4 is 0 Å². The van der Waals surface area contributed by atoms with E-state index < -0.39 is 20.8 Å². The molecule has 1 aromatic rings. The Labute approximate surface area is 111 Å². The molecule has 1 aliphatic heterocycles. The molecule has 2 rings (SSSR count). The molecular formula is C12H17NO3S2. The van der Waals surface area contributed by atoms with E-state index in [0.717, 1.165) is 11.1 Å². The van der Waals surface area contributed by atoms with Crippen molar-refractivity contribution in [3.63, 3.8) is 0 Å². The van der Waals surface area contributed by atoms with Gasteiger partial charge in [0.25, 0.3) is 0 Å². The Bertz CT molecular complexity index is 571. The predicted molar refractivity (Wildman–Crippen MR) is 72.6 cm³/mol. The number of hydrogen-bond acceptors (Lipinski definition) is 3. The normalized spacial score (nSPS) is 19.0. The maximum atomic E-state index is 12.5. The van der Waals surface area contributed by atoms with Gasteiger partial charge in [-0.3, -0.25) is 4.21 Å². The zero-order valence-electron chi connectivity index (χ0n) is 10.5. The third-order valence-electron chi connectivity index (χ3n) is 3.08. The average molecular weight is 287 g/mol. The van der Waals surface area contributed by atoms with Crippen molar-refractivity contribution in [2.75, 3.05) is 24.6 Å². The highest BCUT2D eigenvalue weighted by Crippen LogP contribution is 2.21. The van der Waals surface area contributed by atoms with Crippen molar-refractivity contribution in [1.82, 2.24) is 4.31 Å². The maximum absolute atomic E-state index is 12.5. The number of benzene rings is 1. The van der Waals surface area contributed by atoms with Gasteiger partial charge in [-0.15, -0.1) is 0 Å². The van der Waals surface area contributed by atoms with E-state index in [4.69, 9.17) is 0 Å². The third-order valence-corrected chi connectivity index (χ3v) is 6.42. The van der Waals surface area contributed by atoms with Crippen LogP contribution in [0.1, 0.15) is 11.1 Å². The van der Waals surface area contributed by atoms with Crippen molar-refractivity contribution >= 4 is 20.8 Å². The minimum absolute atomic E-state index is 0.349. The SMILES string of the molecule is Cc1ccc(S(=O)(=O)N2CCS(=O)CC2)c(C)c1. The van der Waals surface area contributed by atoms with Crippen LogP contribution in [0.3, 0.4) is 0 Å². The fourth-order valence-electron chi connectivity index (χ4n) is 2.09. The number of rotatable bonds is 2. The monoisotopic (exact) mass is 287 g/mol. The minimum Gasteiger partial charge on any atom is -0.259 e. The molecule has 0 spiro atoms. The van der Waals surface area contributed by atoms with Crippen LogP contribution in [-0.2, 0) is 20.8 Å².